The van der Waals surface area contributed by atoms with E-state index in [9.17, 15) is 4.79 Å². The molecule has 0 aromatic carbocycles. The molecule has 3 nitrogen and oxygen atoms in total. The molecule has 100 valence electrons. The Morgan fingerprint density at radius 3 is 2.35 bits per heavy atom. The predicted molar refractivity (Wildman–Crippen MR) is 71.9 cm³/mol. The number of hydrogen-bond donors (Lipinski definition) is 1. The van der Waals surface area contributed by atoms with Crippen molar-refractivity contribution in [3.05, 3.63) is 0 Å². The Morgan fingerprint density at radius 2 is 1.94 bits per heavy atom. The van der Waals surface area contributed by atoms with Crippen molar-refractivity contribution >= 4 is 5.91 Å². The Balaban J connectivity index is 2.51. The molecule has 1 aliphatic rings. The van der Waals surface area contributed by atoms with E-state index in [1.807, 2.05) is 20.8 Å². The Morgan fingerprint density at radius 1 is 1.35 bits per heavy atom. The lowest BCUT2D eigenvalue weighted by Gasteiger charge is -2.40. The topological polar surface area (TPSA) is 32.3 Å². The number of carbonyl (C=O) groups excluding carboxylic acids is 1. The highest BCUT2D eigenvalue weighted by Crippen LogP contribution is 2.21. The van der Waals surface area contributed by atoms with Crippen LogP contribution in [0.15, 0.2) is 0 Å². The minimum absolute atomic E-state index is 0.173. The number of likely N-dealkylation sites (tertiary alicyclic amines) is 1. The van der Waals surface area contributed by atoms with Crippen LogP contribution >= 0.6 is 0 Å². The largest absolute Gasteiger partial charge is 0.353 e. The molecule has 0 saturated carbocycles. The van der Waals surface area contributed by atoms with E-state index in [0.717, 1.165) is 19.5 Å². The first-order chi connectivity index (χ1) is 7.71. The summed E-state index contributed by atoms with van der Waals surface area (Å²) in [5, 5.41) is 3.20. The summed E-state index contributed by atoms with van der Waals surface area (Å²) < 4.78 is 0. The van der Waals surface area contributed by atoms with Crippen molar-refractivity contribution in [2.75, 3.05) is 13.1 Å². The predicted octanol–water partition coefficient (Wildman–Crippen LogP) is 2.27. The molecule has 1 amide bonds. The zero-order valence-corrected chi connectivity index (χ0v) is 12.2. The highest BCUT2D eigenvalue weighted by molar-refractivity contribution is 5.81. The molecule has 17 heavy (non-hydrogen) atoms. The maximum atomic E-state index is 12.0. The van der Waals surface area contributed by atoms with Gasteiger partial charge in [0.2, 0.25) is 5.91 Å². The van der Waals surface area contributed by atoms with Gasteiger partial charge in [-0.2, -0.15) is 0 Å². The number of nitrogens with one attached hydrogen (secondary N) is 1. The van der Waals surface area contributed by atoms with E-state index in [-0.39, 0.29) is 11.3 Å². The highest BCUT2D eigenvalue weighted by atomic mass is 16.2. The molecule has 0 bridgehead atoms. The first kappa shape index (κ1) is 14.5. The van der Waals surface area contributed by atoms with Gasteiger partial charge in [0.25, 0.3) is 0 Å². The van der Waals surface area contributed by atoms with E-state index in [1.54, 1.807) is 0 Å². The van der Waals surface area contributed by atoms with Crippen LogP contribution < -0.4 is 5.32 Å². The van der Waals surface area contributed by atoms with Crippen LogP contribution in [0.4, 0.5) is 0 Å². The van der Waals surface area contributed by atoms with Crippen molar-refractivity contribution in [2.24, 2.45) is 11.3 Å². The zero-order chi connectivity index (χ0) is 13.2. The van der Waals surface area contributed by atoms with Gasteiger partial charge in [-0.25, -0.2) is 0 Å². The molecule has 1 fully saturated rings. The normalized spacial score (nSPS) is 27.2. The molecule has 1 N–H and O–H groups in total. The Labute approximate surface area is 106 Å². The minimum atomic E-state index is -0.283. The van der Waals surface area contributed by atoms with Gasteiger partial charge in [-0.05, 0) is 26.2 Å². The van der Waals surface area contributed by atoms with Crippen LogP contribution in [0.1, 0.15) is 48.0 Å². The number of nitrogens with zero attached hydrogens (tertiary/aromatic N) is 1. The Hall–Kier alpha value is -0.570. The summed E-state index contributed by atoms with van der Waals surface area (Å²) >= 11 is 0. The van der Waals surface area contributed by atoms with E-state index < -0.39 is 0 Å². The molecular formula is C14H28N2O. The molecule has 0 aliphatic carbocycles. The molecular weight excluding hydrogens is 212 g/mol. The van der Waals surface area contributed by atoms with Gasteiger partial charge in [-0.3, -0.25) is 4.79 Å². The average molecular weight is 240 g/mol. The third-order valence-electron chi connectivity index (χ3n) is 3.66. The van der Waals surface area contributed by atoms with Gasteiger partial charge < -0.3 is 10.2 Å². The van der Waals surface area contributed by atoms with Gasteiger partial charge in [0, 0.05) is 30.6 Å². The fourth-order valence-corrected chi connectivity index (χ4v) is 2.25. The molecule has 1 rings (SSSR count). The van der Waals surface area contributed by atoms with Crippen LogP contribution in [0.25, 0.3) is 0 Å². The van der Waals surface area contributed by atoms with Gasteiger partial charge >= 0.3 is 0 Å². The number of hydrogen-bond acceptors (Lipinski definition) is 2. The summed E-state index contributed by atoms with van der Waals surface area (Å²) in [7, 11) is 0. The van der Waals surface area contributed by atoms with Gasteiger partial charge in [-0.15, -0.1) is 0 Å². The molecule has 2 atom stereocenters. The monoisotopic (exact) mass is 240 g/mol. The molecule has 0 radical (unpaired) electrons. The van der Waals surface area contributed by atoms with Gasteiger partial charge in [-0.1, -0.05) is 27.7 Å². The summed E-state index contributed by atoms with van der Waals surface area (Å²) in [6.45, 7) is 14.8. The highest BCUT2D eigenvalue weighted by Gasteiger charge is 2.31. The number of rotatable bonds is 2. The molecule has 0 aromatic rings. The van der Waals surface area contributed by atoms with Crippen molar-refractivity contribution in [3.63, 3.8) is 0 Å². The van der Waals surface area contributed by atoms with Gasteiger partial charge in [0.05, 0.1) is 0 Å². The lowest BCUT2D eigenvalue weighted by atomic mass is 9.90. The fraction of sp³-hybridized carbons (Fsp3) is 0.929. The SMILES string of the molecule is CC(C)N1CC[C@@H](NC(=O)C(C)(C)C)[C@H](C)C1. The maximum Gasteiger partial charge on any atom is 0.225 e. The zero-order valence-electron chi connectivity index (χ0n) is 12.2. The van der Waals surface area contributed by atoms with E-state index in [4.69, 9.17) is 0 Å². The van der Waals surface area contributed by atoms with Crippen LogP contribution in [0, 0.1) is 11.3 Å². The molecule has 3 heteroatoms. The first-order valence-electron chi connectivity index (χ1n) is 6.77. The van der Waals surface area contributed by atoms with Gasteiger partial charge in [0.1, 0.15) is 0 Å². The smallest absolute Gasteiger partial charge is 0.225 e. The number of carbonyl (C=O) groups is 1. The van der Waals surface area contributed by atoms with Crippen molar-refractivity contribution < 1.29 is 4.79 Å². The van der Waals surface area contributed by atoms with E-state index >= 15 is 0 Å². The Kier molecular flexibility index (Phi) is 4.59. The molecule has 1 aliphatic heterocycles. The summed E-state index contributed by atoms with van der Waals surface area (Å²) in [6, 6.07) is 0.952. The van der Waals surface area contributed by atoms with E-state index in [2.05, 4.69) is 31.0 Å². The maximum absolute atomic E-state index is 12.0. The fourth-order valence-electron chi connectivity index (χ4n) is 2.25. The van der Waals surface area contributed by atoms with E-state index in [0.29, 0.717) is 18.0 Å². The minimum Gasteiger partial charge on any atom is -0.353 e. The first-order valence-corrected chi connectivity index (χ1v) is 6.77. The van der Waals surface area contributed by atoms with Crippen LogP contribution in [0.5, 0.6) is 0 Å². The molecule has 0 spiro atoms. The van der Waals surface area contributed by atoms with E-state index in [1.165, 1.54) is 0 Å². The molecule has 0 unspecified atom stereocenters. The van der Waals surface area contributed by atoms with Crippen LogP contribution in [0.3, 0.4) is 0 Å². The quantitative estimate of drug-likeness (QED) is 0.803. The van der Waals surface area contributed by atoms with Crippen molar-refractivity contribution in [3.8, 4) is 0 Å². The summed E-state index contributed by atoms with van der Waals surface area (Å²) in [5.74, 6) is 0.713. The van der Waals surface area contributed by atoms with Crippen LogP contribution in [-0.4, -0.2) is 36.0 Å². The second-order valence-electron chi connectivity index (χ2n) is 6.68. The lowest BCUT2D eigenvalue weighted by Crippen LogP contribution is -2.53. The van der Waals surface area contributed by atoms with Crippen molar-refractivity contribution in [1.82, 2.24) is 10.2 Å². The van der Waals surface area contributed by atoms with Crippen molar-refractivity contribution in [1.29, 1.82) is 0 Å². The van der Waals surface area contributed by atoms with Crippen LogP contribution in [-0.2, 0) is 4.79 Å². The summed E-state index contributed by atoms with van der Waals surface area (Å²) in [5.41, 5.74) is -0.283. The second kappa shape index (κ2) is 5.38. The lowest BCUT2D eigenvalue weighted by molar-refractivity contribution is -0.130. The summed E-state index contributed by atoms with van der Waals surface area (Å²) in [4.78, 5) is 14.5. The van der Waals surface area contributed by atoms with Crippen LogP contribution in [0.2, 0.25) is 0 Å². The summed E-state index contributed by atoms with van der Waals surface area (Å²) in [6.07, 6.45) is 1.07. The Bertz CT molecular complexity index is 268. The standard InChI is InChI=1S/C14H28N2O/c1-10(2)16-8-7-12(11(3)9-16)15-13(17)14(4,5)6/h10-12H,7-9H2,1-6H3,(H,15,17)/t11-,12-/m1/s1. The number of amides is 1. The third kappa shape index (κ3) is 3.98. The third-order valence-corrected chi connectivity index (χ3v) is 3.66. The molecule has 1 heterocycles. The second-order valence-corrected chi connectivity index (χ2v) is 6.68. The van der Waals surface area contributed by atoms with Crippen molar-refractivity contribution in [2.45, 2.75) is 60.0 Å². The molecule has 0 aromatic heterocycles. The average Bonchev–Trinajstić information content (AvgIpc) is 2.19. The number of piperidine rings is 1. The molecule has 1 saturated heterocycles. The van der Waals surface area contributed by atoms with Gasteiger partial charge in [0.15, 0.2) is 0 Å².